The van der Waals surface area contributed by atoms with Gasteiger partial charge in [-0.2, -0.15) is 0 Å². The van der Waals surface area contributed by atoms with E-state index in [1.807, 2.05) is 13.0 Å². The van der Waals surface area contributed by atoms with E-state index in [0.717, 1.165) is 20.1 Å². The molecule has 0 saturated carbocycles. The molecule has 17 heavy (non-hydrogen) atoms. The molecular formula is C11H9BrClN3S. The van der Waals surface area contributed by atoms with Gasteiger partial charge in [0.1, 0.15) is 10.1 Å². The van der Waals surface area contributed by atoms with Crippen molar-refractivity contribution in [3.05, 3.63) is 39.6 Å². The van der Waals surface area contributed by atoms with Crippen molar-refractivity contribution in [2.45, 2.75) is 17.0 Å². The average molecular weight is 331 g/mol. The normalized spacial score (nSPS) is 10.5. The van der Waals surface area contributed by atoms with Crippen molar-refractivity contribution < 1.29 is 0 Å². The number of hydrogen-bond acceptors (Lipinski definition) is 4. The zero-order chi connectivity index (χ0) is 12.4. The Morgan fingerprint density at radius 3 is 2.71 bits per heavy atom. The van der Waals surface area contributed by atoms with Gasteiger partial charge in [-0.1, -0.05) is 11.6 Å². The zero-order valence-electron chi connectivity index (χ0n) is 8.95. The Balaban J connectivity index is 2.30. The molecule has 0 spiro atoms. The zero-order valence-corrected chi connectivity index (χ0v) is 12.1. The van der Waals surface area contributed by atoms with Crippen LogP contribution in [0.5, 0.6) is 0 Å². The highest BCUT2D eigenvalue weighted by molar-refractivity contribution is 9.10. The SMILES string of the molecule is Cc1c(N)cnc(Sc2ccc(Cl)cn2)c1Br. The number of nitrogen functional groups attached to an aromatic ring is 1. The van der Waals surface area contributed by atoms with Crippen LogP contribution in [0.1, 0.15) is 5.56 Å². The molecule has 0 aromatic carbocycles. The van der Waals surface area contributed by atoms with E-state index in [-0.39, 0.29) is 0 Å². The van der Waals surface area contributed by atoms with Gasteiger partial charge in [-0.15, -0.1) is 0 Å². The molecule has 2 aromatic heterocycles. The van der Waals surface area contributed by atoms with Gasteiger partial charge < -0.3 is 5.73 Å². The van der Waals surface area contributed by atoms with Crippen LogP contribution in [-0.2, 0) is 0 Å². The summed E-state index contributed by atoms with van der Waals surface area (Å²) in [4.78, 5) is 8.48. The van der Waals surface area contributed by atoms with E-state index >= 15 is 0 Å². The number of nitrogens with zero attached hydrogens (tertiary/aromatic N) is 2. The summed E-state index contributed by atoms with van der Waals surface area (Å²) in [6, 6.07) is 3.65. The van der Waals surface area contributed by atoms with Crippen LogP contribution in [0.2, 0.25) is 5.02 Å². The van der Waals surface area contributed by atoms with E-state index in [1.54, 1.807) is 18.5 Å². The Morgan fingerprint density at radius 2 is 2.06 bits per heavy atom. The standard InChI is InChI=1S/C11H9BrClN3S/c1-6-8(14)5-16-11(10(6)12)17-9-3-2-7(13)4-15-9/h2-5H,14H2,1H3. The van der Waals surface area contributed by atoms with Gasteiger partial charge in [-0.25, -0.2) is 9.97 Å². The highest BCUT2D eigenvalue weighted by Crippen LogP contribution is 2.34. The van der Waals surface area contributed by atoms with Crippen molar-refractivity contribution in [2.24, 2.45) is 0 Å². The Labute approximate surface area is 117 Å². The Bertz CT molecular complexity index is 545. The second kappa shape index (κ2) is 5.25. The molecule has 88 valence electrons. The summed E-state index contributed by atoms with van der Waals surface area (Å²) >= 11 is 10.7. The van der Waals surface area contributed by atoms with E-state index in [2.05, 4.69) is 25.9 Å². The summed E-state index contributed by atoms with van der Waals surface area (Å²) < 4.78 is 0.902. The van der Waals surface area contributed by atoms with Crippen LogP contribution in [0.3, 0.4) is 0 Å². The highest BCUT2D eigenvalue weighted by atomic mass is 79.9. The summed E-state index contributed by atoms with van der Waals surface area (Å²) in [6.07, 6.45) is 3.26. The molecule has 0 unspecified atom stereocenters. The number of rotatable bonds is 2. The van der Waals surface area contributed by atoms with Crippen LogP contribution in [0.25, 0.3) is 0 Å². The molecule has 3 nitrogen and oxygen atoms in total. The van der Waals surface area contributed by atoms with Gasteiger partial charge in [0.05, 0.1) is 21.4 Å². The lowest BCUT2D eigenvalue weighted by molar-refractivity contribution is 1.07. The minimum Gasteiger partial charge on any atom is -0.397 e. The van der Waals surface area contributed by atoms with Gasteiger partial charge in [0.2, 0.25) is 0 Å². The monoisotopic (exact) mass is 329 g/mol. The second-order valence-electron chi connectivity index (χ2n) is 3.37. The fraction of sp³-hybridized carbons (Fsp3) is 0.0909. The number of halogens is 2. The highest BCUT2D eigenvalue weighted by Gasteiger charge is 2.09. The van der Waals surface area contributed by atoms with E-state index in [0.29, 0.717) is 10.7 Å². The fourth-order valence-electron chi connectivity index (χ4n) is 1.16. The van der Waals surface area contributed by atoms with E-state index < -0.39 is 0 Å². The van der Waals surface area contributed by atoms with Crippen LogP contribution in [-0.4, -0.2) is 9.97 Å². The second-order valence-corrected chi connectivity index (χ2v) is 5.61. The molecule has 0 aliphatic carbocycles. The lowest BCUT2D eigenvalue weighted by atomic mass is 10.3. The fourth-order valence-corrected chi connectivity index (χ4v) is 2.64. The minimum absolute atomic E-state index is 0.620. The van der Waals surface area contributed by atoms with Crippen molar-refractivity contribution in [2.75, 3.05) is 5.73 Å². The quantitative estimate of drug-likeness (QED) is 0.906. The van der Waals surface area contributed by atoms with Gasteiger partial charge in [-0.05, 0) is 52.3 Å². The largest absolute Gasteiger partial charge is 0.397 e. The first-order valence-corrected chi connectivity index (χ1v) is 6.76. The number of pyridine rings is 2. The van der Waals surface area contributed by atoms with Crippen molar-refractivity contribution >= 4 is 45.0 Å². The molecule has 0 aliphatic rings. The number of anilines is 1. The molecule has 2 heterocycles. The van der Waals surface area contributed by atoms with Crippen molar-refractivity contribution in [1.29, 1.82) is 0 Å². The molecule has 0 atom stereocenters. The summed E-state index contributed by atoms with van der Waals surface area (Å²) in [6.45, 7) is 1.94. The molecule has 6 heteroatoms. The summed E-state index contributed by atoms with van der Waals surface area (Å²) in [5.74, 6) is 0. The first-order valence-electron chi connectivity index (χ1n) is 4.78. The molecule has 2 aromatic rings. The Morgan fingerprint density at radius 1 is 1.29 bits per heavy atom. The van der Waals surface area contributed by atoms with Gasteiger partial charge in [0.15, 0.2) is 0 Å². The number of aromatic nitrogens is 2. The van der Waals surface area contributed by atoms with Crippen LogP contribution in [0.4, 0.5) is 5.69 Å². The maximum absolute atomic E-state index is 5.78. The first-order chi connectivity index (χ1) is 8.08. The van der Waals surface area contributed by atoms with Gasteiger partial charge in [0.25, 0.3) is 0 Å². The molecule has 0 saturated heterocycles. The molecular weight excluding hydrogens is 322 g/mol. The van der Waals surface area contributed by atoms with E-state index in [9.17, 15) is 0 Å². The molecule has 0 fully saturated rings. The predicted octanol–water partition coefficient (Wildman–Crippen LogP) is 3.93. The summed E-state index contributed by atoms with van der Waals surface area (Å²) in [5.41, 5.74) is 7.42. The topological polar surface area (TPSA) is 51.8 Å². The molecule has 0 radical (unpaired) electrons. The van der Waals surface area contributed by atoms with Crippen LogP contribution in [0.15, 0.2) is 39.1 Å². The minimum atomic E-state index is 0.620. The van der Waals surface area contributed by atoms with Crippen molar-refractivity contribution in [1.82, 2.24) is 9.97 Å². The molecule has 0 aliphatic heterocycles. The maximum Gasteiger partial charge on any atom is 0.117 e. The smallest absolute Gasteiger partial charge is 0.117 e. The summed E-state index contributed by atoms with van der Waals surface area (Å²) in [5, 5.41) is 2.30. The van der Waals surface area contributed by atoms with Gasteiger partial charge in [-0.3, -0.25) is 0 Å². The molecule has 0 amide bonds. The van der Waals surface area contributed by atoms with Crippen molar-refractivity contribution in [3.63, 3.8) is 0 Å². The third-order valence-corrected chi connectivity index (χ3v) is 4.58. The van der Waals surface area contributed by atoms with Crippen LogP contribution in [0, 0.1) is 6.92 Å². The number of nitrogens with two attached hydrogens (primary N) is 1. The molecule has 0 bridgehead atoms. The third-order valence-electron chi connectivity index (χ3n) is 2.17. The van der Waals surface area contributed by atoms with E-state index in [4.69, 9.17) is 17.3 Å². The molecule has 2 N–H and O–H groups in total. The Kier molecular flexibility index (Phi) is 3.91. The number of hydrogen-bond donors (Lipinski definition) is 1. The maximum atomic E-state index is 5.78. The van der Waals surface area contributed by atoms with Crippen LogP contribution < -0.4 is 5.73 Å². The van der Waals surface area contributed by atoms with Crippen molar-refractivity contribution in [3.8, 4) is 0 Å². The third kappa shape index (κ3) is 2.91. The van der Waals surface area contributed by atoms with Gasteiger partial charge >= 0.3 is 0 Å². The lowest BCUT2D eigenvalue weighted by Crippen LogP contribution is -1.94. The van der Waals surface area contributed by atoms with E-state index in [1.165, 1.54) is 11.8 Å². The lowest BCUT2D eigenvalue weighted by Gasteiger charge is -2.07. The Hall–Kier alpha value is -0.780. The van der Waals surface area contributed by atoms with Gasteiger partial charge in [0, 0.05) is 6.20 Å². The first kappa shape index (κ1) is 12.7. The molecule has 2 rings (SSSR count). The predicted molar refractivity (Wildman–Crippen MR) is 74.5 cm³/mol. The average Bonchev–Trinajstić information content (AvgIpc) is 2.33. The summed E-state index contributed by atoms with van der Waals surface area (Å²) in [7, 11) is 0. The van der Waals surface area contributed by atoms with Crippen LogP contribution >= 0.6 is 39.3 Å².